The molecule has 1 heterocycles. The van der Waals surface area contributed by atoms with Gasteiger partial charge in [0.05, 0.1) is 14.2 Å². The second-order valence-electron chi connectivity index (χ2n) is 4.84. The van der Waals surface area contributed by atoms with Crippen LogP contribution >= 0.6 is 0 Å². The van der Waals surface area contributed by atoms with E-state index in [-0.39, 0.29) is 17.2 Å². The van der Waals surface area contributed by atoms with E-state index in [1.165, 1.54) is 14.2 Å². The summed E-state index contributed by atoms with van der Waals surface area (Å²) < 4.78 is 20.7. The zero-order chi connectivity index (χ0) is 17.1. The maximum atomic E-state index is 11.1. The molecule has 1 aliphatic rings. The van der Waals surface area contributed by atoms with Crippen LogP contribution in [-0.2, 0) is 9.53 Å². The van der Waals surface area contributed by atoms with Gasteiger partial charge >= 0.3 is 5.97 Å². The lowest BCUT2D eigenvalue weighted by molar-refractivity contribution is -0.271. The van der Waals surface area contributed by atoms with Crippen molar-refractivity contribution in [2.24, 2.45) is 0 Å². The third-order valence-corrected chi connectivity index (χ3v) is 3.43. The summed E-state index contributed by atoms with van der Waals surface area (Å²) in [6.45, 7) is 0. The van der Waals surface area contributed by atoms with Crippen LogP contribution < -0.4 is 14.2 Å². The van der Waals surface area contributed by atoms with Gasteiger partial charge in [0, 0.05) is 0 Å². The van der Waals surface area contributed by atoms with Gasteiger partial charge in [-0.3, -0.25) is 0 Å². The van der Waals surface area contributed by atoms with E-state index in [0.29, 0.717) is 0 Å². The minimum atomic E-state index is -1.79. The molecule has 1 aliphatic heterocycles. The molecule has 0 aromatic heterocycles. The molecule has 4 N–H and O–H groups in total. The van der Waals surface area contributed by atoms with Gasteiger partial charge in [0.25, 0.3) is 0 Å². The van der Waals surface area contributed by atoms with Crippen LogP contribution in [0.2, 0.25) is 0 Å². The number of aliphatic hydroxyl groups excluding tert-OH is 3. The van der Waals surface area contributed by atoms with Crippen molar-refractivity contribution in [3.63, 3.8) is 0 Å². The predicted molar refractivity (Wildman–Crippen MR) is 74.5 cm³/mol. The van der Waals surface area contributed by atoms with E-state index in [4.69, 9.17) is 24.1 Å². The quantitative estimate of drug-likeness (QED) is 0.534. The summed E-state index contributed by atoms with van der Waals surface area (Å²) in [7, 11) is 2.77. The van der Waals surface area contributed by atoms with Crippen molar-refractivity contribution in [1.29, 1.82) is 0 Å². The molecule has 1 aromatic carbocycles. The minimum absolute atomic E-state index is 0.0641. The Bertz CT molecular complexity index is 539. The average molecular weight is 330 g/mol. The highest BCUT2D eigenvalue weighted by molar-refractivity contribution is 5.73. The molecule has 0 radical (unpaired) electrons. The molecule has 1 fully saturated rings. The Morgan fingerprint density at radius 3 is 2.09 bits per heavy atom. The number of carbonyl (C=O) groups is 1. The Kier molecular flexibility index (Phi) is 5.26. The van der Waals surface area contributed by atoms with Gasteiger partial charge in [0.15, 0.2) is 17.6 Å². The van der Waals surface area contributed by atoms with Crippen LogP contribution in [0.15, 0.2) is 18.2 Å². The molecule has 0 amide bonds. The van der Waals surface area contributed by atoms with E-state index >= 15 is 0 Å². The van der Waals surface area contributed by atoms with Crippen LogP contribution in [0.3, 0.4) is 0 Å². The van der Waals surface area contributed by atoms with Crippen LogP contribution in [0.4, 0.5) is 0 Å². The third kappa shape index (κ3) is 3.32. The van der Waals surface area contributed by atoms with Gasteiger partial charge in [0.1, 0.15) is 18.3 Å². The lowest BCUT2D eigenvalue weighted by Crippen LogP contribution is -2.61. The molecule has 9 nitrogen and oxygen atoms in total. The number of carboxylic acid groups (broad SMARTS) is 1. The highest BCUT2D eigenvalue weighted by Crippen LogP contribution is 2.39. The van der Waals surface area contributed by atoms with Gasteiger partial charge in [-0.2, -0.15) is 0 Å². The van der Waals surface area contributed by atoms with Crippen molar-refractivity contribution in [3.05, 3.63) is 18.2 Å². The molecule has 5 atom stereocenters. The molecule has 0 aliphatic carbocycles. The zero-order valence-electron chi connectivity index (χ0n) is 12.4. The molecule has 0 saturated carbocycles. The van der Waals surface area contributed by atoms with Crippen LogP contribution in [-0.4, -0.2) is 71.3 Å². The zero-order valence-corrected chi connectivity index (χ0v) is 12.4. The van der Waals surface area contributed by atoms with Gasteiger partial charge < -0.3 is 39.4 Å². The summed E-state index contributed by atoms with van der Waals surface area (Å²) in [5, 5.41) is 38.4. The number of hydrogen-bond donors (Lipinski definition) is 4. The number of aliphatic carboxylic acids is 1. The van der Waals surface area contributed by atoms with E-state index in [1.54, 1.807) is 18.2 Å². The summed E-state index contributed by atoms with van der Waals surface area (Å²) >= 11 is 0. The number of hydrogen-bond acceptors (Lipinski definition) is 8. The number of methoxy groups -OCH3 is 2. The Morgan fingerprint density at radius 2 is 1.61 bits per heavy atom. The van der Waals surface area contributed by atoms with Gasteiger partial charge in [-0.1, -0.05) is 6.07 Å². The smallest absolute Gasteiger partial charge is 0.335 e. The van der Waals surface area contributed by atoms with Crippen molar-refractivity contribution in [1.82, 2.24) is 0 Å². The van der Waals surface area contributed by atoms with Crippen LogP contribution in [0, 0.1) is 0 Å². The first kappa shape index (κ1) is 17.3. The van der Waals surface area contributed by atoms with Crippen molar-refractivity contribution < 1.29 is 44.2 Å². The van der Waals surface area contributed by atoms with Crippen molar-refractivity contribution in [3.8, 4) is 17.2 Å². The fourth-order valence-electron chi connectivity index (χ4n) is 2.20. The Balaban J connectivity index is 2.30. The number of ether oxygens (including phenoxy) is 4. The number of carboxylic acids is 1. The monoisotopic (exact) mass is 330 g/mol. The lowest BCUT2D eigenvalue weighted by Gasteiger charge is -2.38. The molecule has 1 saturated heterocycles. The van der Waals surface area contributed by atoms with E-state index in [9.17, 15) is 20.1 Å². The van der Waals surface area contributed by atoms with Crippen LogP contribution in [0.25, 0.3) is 0 Å². The largest absolute Gasteiger partial charge is 0.493 e. The normalized spacial score (nSPS) is 30.6. The Morgan fingerprint density at radius 1 is 1.04 bits per heavy atom. The molecule has 0 bridgehead atoms. The number of aliphatic hydroxyl groups is 3. The average Bonchev–Trinajstić information content (AvgIpc) is 2.54. The van der Waals surface area contributed by atoms with Crippen LogP contribution in [0.5, 0.6) is 17.2 Å². The SMILES string of the molecule is COc1cccc(OC)c1OC1OC(C(=O)O)C(O)C(O)C1O. The summed E-state index contributed by atoms with van der Waals surface area (Å²) in [6, 6.07) is 4.77. The van der Waals surface area contributed by atoms with Crippen molar-refractivity contribution >= 4 is 5.97 Å². The van der Waals surface area contributed by atoms with Gasteiger partial charge in [-0.05, 0) is 12.1 Å². The summed E-state index contributed by atoms with van der Waals surface area (Å²) in [5.41, 5.74) is 0. The molecular formula is C14H18O9. The summed E-state index contributed by atoms with van der Waals surface area (Å²) in [6.07, 6.45) is -8.51. The van der Waals surface area contributed by atoms with Crippen molar-refractivity contribution in [2.45, 2.75) is 30.7 Å². The first-order valence-electron chi connectivity index (χ1n) is 6.70. The maximum Gasteiger partial charge on any atom is 0.335 e. The van der Waals surface area contributed by atoms with Gasteiger partial charge in [0.2, 0.25) is 12.0 Å². The van der Waals surface area contributed by atoms with E-state index in [1.807, 2.05) is 0 Å². The first-order chi connectivity index (χ1) is 10.9. The number of benzene rings is 1. The van der Waals surface area contributed by atoms with Gasteiger partial charge in [-0.15, -0.1) is 0 Å². The molecule has 23 heavy (non-hydrogen) atoms. The molecule has 9 heteroatoms. The second-order valence-corrected chi connectivity index (χ2v) is 4.84. The molecule has 128 valence electrons. The van der Waals surface area contributed by atoms with Crippen LogP contribution in [0.1, 0.15) is 0 Å². The minimum Gasteiger partial charge on any atom is -0.493 e. The molecule has 5 unspecified atom stereocenters. The maximum absolute atomic E-state index is 11.1. The standard InChI is InChI=1S/C14H18O9/c1-20-6-4-3-5-7(21-2)11(6)22-14-10(17)8(15)9(16)12(23-14)13(18)19/h3-5,8-10,12,14-17H,1-2H3,(H,18,19). The number of rotatable bonds is 5. The molecular weight excluding hydrogens is 312 g/mol. The summed E-state index contributed by atoms with van der Waals surface area (Å²) in [4.78, 5) is 11.1. The summed E-state index contributed by atoms with van der Waals surface area (Å²) in [5.74, 6) is -0.918. The number of para-hydroxylation sites is 1. The molecule has 1 aromatic rings. The first-order valence-corrected chi connectivity index (χ1v) is 6.70. The molecule has 0 spiro atoms. The Labute approximate surface area is 131 Å². The second kappa shape index (κ2) is 7.01. The third-order valence-electron chi connectivity index (χ3n) is 3.43. The fraction of sp³-hybridized carbons (Fsp3) is 0.500. The van der Waals surface area contributed by atoms with Gasteiger partial charge in [-0.25, -0.2) is 4.79 Å². The van der Waals surface area contributed by atoms with E-state index in [2.05, 4.69) is 0 Å². The highest BCUT2D eigenvalue weighted by Gasteiger charge is 2.48. The fourth-order valence-corrected chi connectivity index (χ4v) is 2.20. The predicted octanol–water partition coefficient (Wildman–Crippen LogP) is -1.03. The topological polar surface area (TPSA) is 135 Å². The Hall–Kier alpha value is -2.07. The molecule has 2 rings (SSSR count). The lowest BCUT2D eigenvalue weighted by atomic mass is 9.99. The van der Waals surface area contributed by atoms with E-state index < -0.39 is 36.7 Å². The highest BCUT2D eigenvalue weighted by atomic mass is 16.7. The van der Waals surface area contributed by atoms with E-state index in [0.717, 1.165) is 0 Å². The van der Waals surface area contributed by atoms with Crippen molar-refractivity contribution in [2.75, 3.05) is 14.2 Å².